The zero-order valence-corrected chi connectivity index (χ0v) is 12.6. The Kier molecular flexibility index (Phi) is 8.36. The Bertz CT molecular complexity index is 399. The molecule has 1 amide bonds. The molecule has 0 aliphatic heterocycles. The van der Waals surface area contributed by atoms with Gasteiger partial charge in [0.1, 0.15) is 0 Å². The van der Waals surface area contributed by atoms with Crippen LogP contribution in [0.4, 0.5) is 0 Å². The van der Waals surface area contributed by atoms with Crippen molar-refractivity contribution < 1.29 is 4.79 Å². The van der Waals surface area contributed by atoms with Crippen LogP contribution in [0.1, 0.15) is 24.9 Å². The fourth-order valence-electron chi connectivity index (χ4n) is 1.48. The van der Waals surface area contributed by atoms with E-state index < -0.39 is 0 Å². The van der Waals surface area contributed by atoms with Crippen LogP contribution in [-0.4, -0.2) is 19.5 Å². The highest BCUT2D eigenvalue weighted by Crippen LogP contribution is 2.26. The Hall–Kier alpha value is -0.480. The molecule has 0 saturated heterocycles. The summed E-state index contributed by atoms with van der Waals surface area (Å²) in [5, 5.41) is 7.02. The first kappa shape index (κ1) is 17.5. The number of rotatable bonds is 5. The summed E-state index contributed by atoms with van der Waals surface area (Å²) in [6.07, 6.45) is 0.443. The van der Waals surface area contributed by atoms with E-state index >= 15 is 0 Å². The third-order valence-electron chi connectivity index (χ3n) is 2.40. The van der Waals surface area contributed by atoms with Crippen LogP contribution >= 0.6 is 35.6 Å². The minimum Gasteiger partial charge on any atom is -0.349 e. The van der Waals surface area contributed by atoms with Crippen molar-refractivity contribution in [3.63, 3.8) is 0 Å². The maximum absolute atomic E-state index is 11.6. The van der Waals surface area contributed by atoms with E-state index in [-0.39, 0.29) is 24.4 Å². The number of halogens is 3. The van der Waals surface area contributed by atoms with Crippen molar-refractivity contribution in [2.75, 3.05) is 13.6 Å². The first-order valence-corrected chi connectivity index (χ1v) is 6.19. The van der Waals surface area contributed by atoms with E-state index in [0.29, 0.717) is 23.0 Å². The predicted molar refractivity (Wildman–Crippen MR) is 78.8 cm³/mol. The second kappa shape index (κ2) is 8.59. The zero-order valence-electron chi connectivity index (χ0n) is 10.3. The molecule has 1 aromatic rings. The molecule has 1 atom stereocenters. The lowest BCUT2D eigenvalue weighted by atomic mass is 10.1. The topological polar surface area (TPSA) is 41.1 Å². The lowest BCUT2D eigenvalue weighted by Gasteiger charge is -2.16. The van der Waals surface area contributed by atoms with E-state index in [0.717, 1.165) is 5.56 Å². The first-order chi connectivity index (χ1) is 8.04. The van der Waals surface area contributed by atoms with Crippen molar-refractivity contribution in [3.8, 4) is 0 Å². The van der Waals surface area contributed by atoms with Gasteiger partial charge in [0.25, 0.3) is 0 Å². The maximum Gasteiger partial charge on any atom is 0.221 e. The first-order valence-electron chi connectivity index (χ1n) is 5.43. The van der Waals surface area contributed by atoms with Gasteiger partial charge in [-0.3, -0.25) is 4.79 Å². The highest BCUT2D eigenvalue weighted by molar-refractivity contribution is 6.33. The molecule has 1 aromatic carbocycles. The average molecular weight is 312 g/mol. The van der Waals surface area contributed by atoms with Crippen LogP contribution in [0.15, 0.2) is 18.2 Å². The zero-order chi connectivity index (χ0) is 12.8. The number of hydrogen-bond acceptors (Lipinski definition) is 2. The van der Waals surface area contributed by atoms with Gasteiger partial charge in [0.2, 0.25) is 5.91 Å². The Morgan fingerprint density at radius 3 is 2.67 bits per heavy atom. The van der Waals surface area contributed by atoms with E-state index in [4.69, 9.17) is 23.2 Å². The van der Waals surface area contributed by atoms with Gasteiger partial charge in [-0.15, -0.1) is 12.4 Å². The summed E-state index contributed by atoms with van der Waals surface area (Å²) in [7, 11) is 1.81. The molecule has 0 spiro atoms. The SMILES string of the molecule is CNCCC(=O)NC(C)c1cc(Cl)ccc1Cl.Cl. The van der Waals surface area contributed by atoms with Gasteiger partial charge < -0.3 is 10.6 Å². The fraction of sp³-hybridized carbons (Fsp3) is 0.417. The van der Waals surface area contributed by atoms with Crippen molar-refractivity contribution in [3.05, 3.63) is 33.8 Å². The Morgan fingerprint density at radius 1 is 1.39 bits per heavy atom. The van der Waals surface area contributed by atoms with Gasteiger partial charge >= 0.3 is 0 Å². The molecule has 1 unspecified atom stereocenters. The predicted octanol–water partition coefficient (Wildman–Crippen LogP) is 3.20. The normalized spacial score (nSPS) is 11.6. The maximum atomic E-state index is 11.6. The Balaban J connectivity index is 0.00000289. The Labute approximate surface area is 124 Å². The van der Waals surface area contributed by atoms with Gasteiger partial charge in [-0.1, -0.05) is 23.2 Å². The molecule has 0 aliphatic carbocycles. The number of carbonyl (C=O) groups excluding carboxylic acids is 1. The summed E-state index contributed by atoms with van der Waals surface area (Å²) in [6, 6.07) is 5.08. The summed E-state index contributed by atoms with van der Waals surface area (Å²) < 4.78 is 0. The molecule has 2 N–H and O–H groups in total. The molecule has 0 saturated carbocycles. The lowest BCUT2D eigenvalue weighted by Crippen LogP contribution is -2.29. The molecule has 0 aromatic heterocycles. The quantitative estimate of drug-likeness (QED) is 0.877. The molecule has 0 heterocycles. The minimum absolute atomic E-state index is 0. The third-order valence-corrected chi connectivity index (χ3v) is 2.98. The number of benzene rings is 1. The van der Waals surface area contributed by atoms with Gasteiger partial charge in [-0.2, -0.15) is 0 Å². The molecule has 18 heavy (non-hydrogen) atoms. The van der Waals surface area contributed by atoms with E-state index in [1.165, 1.54) is 0 Å². The van der Waals surface area contributed by atoms with E-state index in [1.807, 2.05) is 14.0 Å². The molecule has 102 valence electrons. The molecule has 1 rings (SSSR count). The lowest BCUT2D eigenvalue weighted by molar-refractivity contribution is -0.121. The van der Waals surface area contributed by atoms with Crippen LogP contribution in [0.25, 0.3) is 0 Å². The summed E-state index contributed by atoms with van der Waals surface area (Å²) in [5.74, 6) is -0.0112. The monoisotopic (exact) mass is 310 g/mol. The van der Waals surface area contributed by atoms with Crippen LogP contribution < -0.4 is 10.6 Å². The van der Waals surface area contributed by atoms with E-state index in [2.05, 4.69) is 10.6 Å². The summed E-state index contributed by atoms with van der Waals surface area (Å²) in [6.45, 7) is 2.54. The molecule has 0 fully saturated rings. The number of nitrogens with one attached hydrogen (secondary N) is 2. The summed E-state index contributed by atoms with van der Waals surface area (Å²) in [4.78, 5) is 11.6. The van der Waals surface area contributed by atoms with Crippen molar-refractivity contribution in [1.29, 1.82) is 0 Å². The van der Waals surface area contributed by atoms with Crippen molar-refractivity contribution in [2.24, 2.45) is 0 Å². The average Bonchev–Trinajstić information content (AvgIpc) is 2.29. The van der Waals surface area contributed by atoms with Gasteiger partial charge in [0, 0.05) is 23.0 Å². The number of amides is 1. The van der Waals surface area contributed by atoms with Crippen LogP contribution in [0.5, 0.6) is 0 Å². The van der Waals surface area contributed by atoms with Gasteiger partial charge in [0.15, 0.2) is 0 Å². The number of carbonyl (C=O) groups is 1. The smallest absolute Gasteiger partial charge is 0.221 e. The van der Waals surface area contributed by atoms with Crippen molar-refractivity contribution >= 4 is 41.5 Å². The van der Waals surface area contributed by atoms with Crippen molar-refractivity contribution in [1.82, 2.24) is 10.6 Å². The molecule has 0 bridgehead atoms. The summed E-state index contributed by atoms with van der Waals surface area (Å²) >= 11 is 12.0. The third kappa shape index (κ3) is 5.44. The molecule has 3 nitrogen and oxygen atoms in total. The van der Waals surface area contributed by atoms with Crippen molar-refractivity contribution in [2.45, 2.75) is 19.4 Å². The highest BCUT2D eigenvalue weighted by atomic mass is 35.5. The van der Waals surface area contributed by atoms with Gasteiger partial charge in [-0.05, 0) is 37.7 Å². The van der Waals surface area contributed by atoms with Crippen LogP contribution in [0.3, 0.4) is 0 Å². The summed E-state index contributed by atoms with van der Waals surface area (Å²) in [5.41, 5.74) is 0.831. The second-order valence-corrected chi connectivity index (χ2v) is 4.65. The van der Waals surface area contributed by atoms with Crippen LogP contribution in [-0.2, 0) is 4.79 Å². The fourth-order valence-corrected chi connectivity index (χ4v) is 1.94. The molecular formula is C12H17Cl3N2O. The van der Waals surface area contributed by atoms with Gasteiger partial charge in [-0.25, -0.2) is 0 Å². The van der Waals surface area contributed by atoms with E-state index in [9.17, 15) is 4.79 Å². The molecular weight excluding hydrogens is 295 g/mol. The minimum atomic E-state index is -0.148. The molecule has 6 heteroatoms. The van der Waals surface area contributed by atoms with Crippen LogP contribution in [0.2, 0.25) is 10.0 Å². The molecule has 0 aliphatic rings. The molecule has 0 radical (unpaired) electrons. The van der Waals surface area contributed by atoms with Crippen LogP contribution in [0, 0.1) is 0 Å². The number of hydrogen-bond donors (Lipinski definition) is 2. The van der Waals surface area contributed by atoms with Gasteiger partial charge in [0.05, 0.1) is 6.04 Å². The second-order valence-electron chi connectivity index (χ2n) is 3.81. The standard InChI is InChI=1S/C12H16Cl2N2O.ClH/c1-8(16-12(17)5-6-15-2)10-7-9(13)3-4-11(10)14;/h3-4,7-8,15H,5-6H2,1-2H3,(H,16,17);1H. The van der Waals surface area contributed by atoms with E-state index in [1.54, 1.807) is 18.2 Å². The highest BCUT2D eigenvalue weighted by Gasteiger charge is 2.12. The Morgan fingerprint density at radius 2 is 2.06 bits per heavy atom. The largest absolute Gasteiger partial charge is 0.349 e.